The van der Waals surface area contributed by atoms with Gasteiger partial charge in [0.05, 0.1) is 5.75 Å². The topological polar surface area (TPSA) is 80.2 Å². The van der Waals surface area contributed by atoms with E-state index in [2.05, 4.69) is 15.0 Å². The number of hydrogen-bond acceptors (Lipinski definition) is 3. The van der Waals surface area contributed by atoms with Crippen molar-refractivity contribution in [3.8, 4) is 0 Å². The largest absolute Gasteiger partial charge is 0.368 e. The zero-order chi connectivity index (χ0) is 13.0. The minimum atomic E-state index is -0.201. The van der Waals surface area contributed by atoms with Gasteiger partial charge in [0.1, 0.15) is 0 Å². The first-order chi connectivity index (χ1) is 8.63. The number of thioether (sulfide) groups is 1. The predicted molar refractivity (Wildman–Crippen MR) is 75.6 cm³/mol. The molecule has 92 valence electrons. The van der Waals surface area contributed by atoms with Crippen molar-refractivity contribution in [2.45, 2.75) is 0 Å². The monoisotopic (exact) mass is 280 g/mol. The van der Waals surface area contributed by atoms with Crippen LogP contribution in [0, 0.1) is 0 Å². The number of benzene rings is 1. The maximum atomic E-state index is 10.9. The molecule has 0 atom stereocenters. The summed E-state index contributed by atoms with van der Waals surface area (Å²) in [7, 11) is 0. The Balaban J connectivity index is 2.04. The van der Waals surface area contributed by atoms with Crippen LogP contribution in [-0.4, -0.2) is 29.0 Å². The Morgan fingerprint density at radius 3 is 2.78 bits per heavy atom. The fourth-order valence-electron chi connectivity index (χ4n) is 1.17. The van der Waals surface area contributed by atoms with Gasteiger partial charge in [-0.05, 0) is 17.7 Å². The van der Waals surface area contributed by atoms with Crippen LogP contribution >= 0.6 is 23.4 Å². The summed E-state index contributed by atoms with van der Waals surface area (Å²) in [6, 6.07) is 7.13. The number of carbonyl (C=O) groups is 1. The predicted octanol–water partition coefficient (Wildman–Crippen LogP) is 1.70. The number of halogens is 1. The Kier molecular flexibility index (Phi) is 4.11. The Morgan fingerprint density at radius 1 is 1.44 bits per heavy atom. The molecule has 1 amide bonds. The van der Waals surface area contributed by atoms with Crippen LogP contribution in [0.25, 0.3) is 0 Å². The van der Waals surface area contributed by atoms with Crippen molar-refractivity contribution in [1.29, 1.82) is 0 Å². The number of hydrogen-bond donors (Lipinski definition) is 1. The van der Waals surface area contributed by atoms with Crippen molar-refractivity contribution >= 4 is 46.6 Å². The molecule has 0 bridgehead atoms. The molecule has 0 radical (unpaired) electrons. The minimum absolute atomic E-state index is 0.0610. The van der Waals surface area contributed by atoms with Crippen molar-refractivity contribution in [2.75, 3.05) is 5.75 Å². The van der Waals surface area contributed by atoms with E-state index < -0.39 is 0 Å². The summed E-state index contributed by atoms with van der Waals surface area (Å²) < 4.78 is 0. The molecule has 5 nitrogen and oxygen atoms in total. The molecule has 0 fully saturated rings. The van der Waals surface area contributed by atoms with Gasteiger partial charge in [0.25, 0.3) is 5.91 Å². The van der Waals surface area contributed by atoms with Crippen molar-refractivity contribution in [1.82, 2.24) is 0 Å². The maximum Gasteiger partial charge on any atom is 0.258 e. The first-order valence-electron chi connectivity index (χ1n) is 5.01. The van der Waals surface area contributed by atoms with E-state index in [-0.39, 0.29) is 11.9 Å². The van der Waals surface area contributed by atoms with Crippen LogP contribution in [0.1, 0.15) is 5.56 Å². The van der Waals surface area contributed by atoms with E-state index in [4.69, 9.17) is 17.3 Å². The van der Waals surface area contributed by atoms with E-state index in [0.717, 1.165) is 5.56 Å². The van der Waals surface area contributed by atoms with Gasteiger partial charge in [-0.1, -0.05) is 35.5 Å². The second-order valence-electron chi connectivity index (χ2n) is 3.36. The Morgan fingerprint density at radius 2 is 2.17 bits per heavy atom. The van der Waals surface area contributed by atoms with Crippen molar-refractivity contribution in [2.24, 2.45) is 20.7 Å². The van der Waals surface area contributed by atoms with Gasteiger partial charge in [-0.25, -0.2) is 4.99 Å². The van der Waals surface area contributed by atoms with Crippen LogP contribution in [0.3, 0.4) is 0 Å². The summed E-state index contributed by atoms with van der Waals surface area (Å²) in [5.41, 5.74) is 6.45. The summed E-state index contributed by atoms with van der Waals surface area (Å²) in [6.45, 7) is 0. The molecule has 0 spiro atoms. The van der Waals surface area contributed by atoms with Gasteiger partial charge in [0.2, 0.25) is 5.96 Å². The molecule has 1 heterocycles. The summed E-state index contributed by atoms with van der Waals surface area (Å²) in [4.78, 5) is 22.4. The number of aliphatic imine (C=N–C) groups is 3. The average Bonchev–Trinajstić information content (AvgIpc) is 2.74. The lowest BCUT2D eigenvalue weighted by atomic mass is 10.2. The summed E-state index contributed by atoms with van der Waals surface area (Å²) in [5.74, 6) is 0.173. The number of amides is 1. The third-order valence-corrected chi connectivity index (χ3v) is 3.06. The molecule has 0 unspecified atom stereocenters. The number of nitrogens with two attached hydrogens (primary N) is 1. The molecule has 0 saturated heterocycles. The highest BCUT2D eigenvalue weighted by atomic mass is 35.5. The van der Waals surface area contributed by atoms with E-state index in [1.165, 1.54) is 11.8 Å². The SMILES string of the molecule is NC(/N=C/c1ccc(Cl)cc1)=N\C1=NC(=O)CS1. The zero-order valence-corrected chi connectivity index (χ0v) is 10.8. The molecule has 1 aliphatic rings. The lowest BCUT2D eigenvalue weighted by Crippen LogP contribution is -2.10. The zero-order valence-electron chi connectivity index (χ0n) is 9.21. The molecule has 2 N–H and O–H groups in total. The van der Waals surface area contributed by atoms with Gasteiger partial charge in [0, 0.05) is 11.2 Å². The van der Waals surface area contributed by atoms with Crippen molar-refractivity contribution < 1.29 is 4.79 Å². The lowest BCUT2D eigenvalue weighted by Gasteiger charge is -1.94. The molecule has 18 heavy (non-hydrogen) atoms. The molecule has 1 aromatic rings. The number of amidine groups is 1. The molecular formula is C11H9ClN4OS. The highest BCUT2D eigenvalue weighted by molar-refractivity contribution is 8.14. The Bertz CT molecular complexity index is 551. The molecule has 1 aliphatic heterocycles. The van der Waals surface area contributed by atoms with E-state index in [1.54, 1.807) is 18.3 Å². The average molecular weight is 281 g/mol. The summed E-state index contributed by atoms with van der Waals surface area (Å²) >= 11 is 7.00. The number of rotatable bonds is 1. The Labute approximate surface area is 113 Å². The third-order valence-electron chi connectivity index (χ3n) is 1.97. The molecule has 2 rings (SSSR count). The maximum absolute atomic E-state index is 10.9. The highest BCUT2D eigenvalue weighted by Gasteiger charge is 2.13. The van der Waals surface area contributed by atoms with Crippen LogP contribution in [0.4, 0.5) is 0 Å². The van der Waals surface area contributed by atoms with Crippen molar-refractivity contribution in [3.05, 3.63) is 34.9 Å². The van der Waals surface area contributed by atoms with E-state index in [0.29, 0.717) is 15.9 Å². The van der Waals surface area contributed by atoms with Gasteiger partial charge < -0.3 is 5.73 Å². The highest BCUT2D eigenvalue weighted by Crippen LogP contribution is 2.13. The lowest BCUT2D eigenvalue weighted by molar-refractivity contribution is -0.115. The number of nitrogens with zero attached hydrogens (tertiary/aromatic N) is 3. The minimum Gasteiger partial charge on any atom is -0.368 e. The second kappa shape index (κ2) is 5.79. The molecule has 1 aromatic carbocycles. The second-order valence-corrected chi connectivity index (χ2v) is 4.74. The number of guanidine groups is 1. The van der Waals surface area contributed by atoms with Crippen LogP contribution < -0.4 is 5.73 Å². The van der Waals surface area contributed by atoms with Crippen LogP contribution in [-0.2, 0) is 4.79 Å². The molecular weight excluding hydrogens is 272 g/mol. The normalized spacial score (nSPS) is 16.4. The third kappa shape index (κ3) is 3.68. The van der Waals surface area contributed by atoms with E-state index in [1.807, 2.05) is 12.1 Å². The summed E-state index contributed by atoms with van der Waals surface area (Å²) in [6.07, 6.45) is 1.57. The quantitative estimate of drug-likeness (QED) is 0.628. The summed E-state index contributed by atoms with van der Waals surface area (Å²) in [5, 5.41) is 1.01. The number of carbonyl (C=O) groups excluding carboxylic acids is 1. The first-order valence-corrected chi connectivity index (χ1v) is 6.38. The van der Waals surface area contributed by atoms with Crippen LogP contribution in [0.5, 0.6) is 0 Å². The fourth-order valence-corrected chi connectivity index (χ4v) is 1.94. The smallest absolute Gasteiger partial charge is 0.258 e. The van der Waals surface area contributed by atoms with Gasteiger partial charge in [-0.3, -0.25) is 4.79 Å². The van der Waals surface area contributed by atoms with E-state index in [9.17, 15) is 4.79 Å². The molecule has 0 saturated carbocycles. The van der Waals surface area contributed by atoms with Crippen LogP contribution in [0.2, 0.25) is 5.02 Å². The van der Waals surface area contributed by atoms with E-state index >= 15 is 0 Å². The molecule has 7 heteroatoms. The standard InChI is InChI=1S/C11H9ClN4OS/c12-8-3-1-7(2-4-8)5-14-10(13)16-11-15-9(17)6-18-11/h1-5H,6H2,(H2,13,15,16,17)/b14-5+. The van der Waals surface area contributed by atoms with Gasteiger partial charge in [0.15, 0.2) is 5.17 Å². The Hall–Kier alpha value is -1.66. The van der Waals surface area contributed by atoms with Crippen LogP contribution in [0.15, 0.2) is 39.2 Å². The molecule has 0 aromatic heterocycles. The fraction of sp³-hybridized carbons (Fsp3) is 0.0909. The van der Waals surface area contributed by atoms with Gasteiger partial charge in [-0.2, -0.15) is 9.98 Å². The molecule has 0 aliphatic carbocycles. The van der Waals surface area contributed by atoms with Gasteiger partial charge >= 0.3 is 0 Å². The van der Waals surface area contributed by atoms with Crippen molar-refractivity contribution in [3.63, 3.8) is 0 Å². The van der Waals surface area contributed by atoms with Gasteiger partial charge in [-0.15, -0.1) is 0 Å². The first kappa shape index (κ1) is 12.8.